The fraction of sp³-hybridized carbons (Fsp3) is 0.409. The quantitative estimate of drug-likeness (QED) is 0.687. The van der Waals surface area contributed by atoms with Gasteiger partial charge in [0.2, 0.25) is 5.88 Å². The highest BCUT2D eigenvalue weighted by Crippen LogP contribution is 2.17. The van der Waals surface area contributed by atoms with Crippen molar-refractivity contribution in [2.75, 3.05) is 26.9 Å². The maximum Gasteiger partial charge on any atom is 0.328 e. The summed E-state index contributed by atoms with van der Waals surface area (Å²) in [6, 6.07) is 12.0. The Labute approximate surface area is 170 Å². The molecule has 1 N–H and O–H groups in total. The minimum atomic E-state index is -0.778. The average molecular weight is 398 g/mol. The lowest BCUT2D eigenvalue weighted by atomic mass is 10.0. The molecule has 1 aliphatic rings. The molecule has 1 atom stereocenters. The van der Waals surface area contributed by atoms with Gasteiger partial charge in [-0.25, -0.2) is 9.78 Å². The molecule has 1 aromatic carbocycles. The van der Waals surface area contributed by atoms with Gasteiger partial charge in [0.15, 0.2) is 0 Å². The summed E-state index contributed by atoms with van der Waals surface area (Å²) in [5.74, 6) is 0.0561. The van der Waals surface area contributed by atoms with Crippen LogP contribution in [0.15, 0.2) is 48.7 Å². The fourth-order valence-electron chi connectivity index (χ4n) is 3.14. The zero-order chi connectivity index (χ0) is 20.5. The third-order valence-electron chi connectivity index (χ3n) is 4.88. The second kappa shape index (κ2) is 10.6. The number of benzene rings is 1. The lowest BCUT2D eigenvalue weighted by molar-refractivity contribution is -0.142. The number of carbonyl (C=O) groups excluding carboxylic acids is 2. The molecule has 154 valence electrons. The Morgan fingerprint density at radius 1 is 1.17 bits per heavy atom. The summed E-state index contributed by atoms with van der Waals surface area (Å²) >= 11 is 0. The lowest BCUT2D eigenvalue weighted by Crippen LogP contribution is -2.43. The first kappa shape index (κ1) is 20.8. The van der Waals surface area contributed by atoms with Gasteiger partial charge in [0, 0.05) is 31.9 Å². The Kier molecular flexibility index (Phi) is 7.58. The van der Waals surface area contributed by atoms with Crippen LogP contribution >= 0.6 is 0 Å². The van der Waals surface area contributed by atoms with Gasteiger partial charge in [-0.15, -0.1) is 0 Å². The molecule has 7 nitrogen and oxygen atoms in total. The number of carbonyl (C=O) groups is 2. The Hall–Kier alpha value is -2.93. The molecule has 1 saturated heterocycles. The predicted molar refractivity (Wildman–Crippen MR) is 107 cm³/mol. The number of rotatable bonds is 8. The van der Waals surface area contributed by atoms with Crippen molar-refractivity contribution in [2.24, 2.45) is 5.92 Å². The van der Waals surface area contributed by atoms with Crippen LogP contribution in [0.4, 0.5) is 0 Å². The van der Waals surface area contributed by atoms with Crippen molar-refractivity contribution in [3.05, 3.63) is 59.8 Å². The summed E-state index contributed by atoms with van der Waals surface area (Å²) < 4.78 is 15.9. The topological polar surface area (TPSA) is 86.8 Å². The number of nitrogens with one attached hydrogen (secondary N) is 1. The summed E-state index contributed by atoms with van der Waals surface area (Å²) in [7, 11) is 1.30. The molecule has 1 fully saturated rings. The number of esters is 1. The largest absolute Gasteiger partial charge is 0.477 e. The van der Waals surface area contributed by atoms with Crippen molar-refractivity contribution < 1.29 is 23.8 Å². The van der Waals surface area contributed by atoms with Crippen molar-refractivity contribution in [3.8, 4) is 5.88 Å². The van der Waals surface area contributed by atoms with Crippen LogP contribution in [0.5, 0.6) is 5.88 Å². The number of methoxy groups -OCH3 is 1. The molecule has 2 aromatic rings. The zero-order valence-electron chi connectivity index (χ0n) is 16.5. The lowest BCUT2D eigenvalue weighted by Gasteiger charge is -2.21. The number of pyridine rings is 1. The first-order valence-corrected chi connectivity index (χ1v) is 9.75. The smallest absolute Gasteiger partial charge is 0.328 e. The monoisotopic (exact) mass is 398 g/mol. The Morgan fingerprint density at radius 3 is 2.59 bits per heavy atom. The molecule has 29 heavy (non-hydrogen) atoms. The van der Waals surface area contributed by atoms with Gasteiger partial charge in [-0.1, -0.05) is 30.3 Å². The number of amides is 1. The van der Waals surface area contributed by atoms with Gasteiger partial charge in [0.25, 0.3) is 5.91 Å². The highest BCUT2D eigenvalue weighted by molar-refractivity contribution is 5.96. The molecule has 3 rings (SSSR count). The highest BCUT2D eigenvalue weighted by Gasteiger charge is 2.23. The first-order chi connectivity index (χ1) is 14.2. The van der Waals surface area contributed by atoms with Crippen LogP contribution in [0.1, 0.15) is 28.8 Å². The molecule has 0 radical (unpaired) electrons. The predicted octanol–water partition coefficient (Wildman–Crippen LogP) is 2.40. The summed E-state index contributed by atoms with van der Waals surface area (Å²) in [5.41, 5.74) is 1.28. The number of hydrogen-bond acceptors (Lipinski definition) is 6. The van der Waals surface area contributed by atoms with E-state index in [0.29, 0.717) is 30.4 Å². The third-order valence-corrected chi connectivity index (χ3v) is 4.88. The molecule has 2 heterocycles. The number of aromatic nitrogens is 1. The maximum atomic E-state index is 12.6. The summed E-state index contributed by atoms with van der Waals surface area (Å²) in [6.45, 7) is 2.12. The molecule has 0 aliphatic carbocycles. The van der Waals surface area contributed by atoms with Crippen molar-refractivity contribution >= 4 is 11.9 Å². The number of hydrogen-bond donors (Lipinski definition) is 1. The van der Waals surface area contributed by atoms with E-state index in [0.717, 1.165) is 31.6 Å². The maximum absolute atomic E-state index is 12.6. The zero-order valence-corrected chi connectivity index (χ0v) is 16.5. The molecule has 1 aliphatic heterocycles. The second-order valence-corrected chi connectivity index (χ2v) is 6.99. The highest BCUT2D eigenvalue weighted by atomic mass is 16.5. The van der Waals surface area contributed by atoms with E-state index in [2.05, 4.69) is 10.3 Å². The van der Waals surface area contributed by atoms with Crippen molar-refractivity contribution in [2.45, 2.75) is 25.3 Å². The molecule has 7 heteroatoms. The molecule has 0 bridgehead atoms. The van der Waals surface area contributed by atoms with E-state index in [9.17, 15) is 9.59 Å². The van der Waals surface area contributed by atoms with Gasteiger partial charge in [-0.3, -0.25) is 4.79 Å². The van der Waals surface area contributed by atoms with Crippen molar-refractivity contribution in [1.82, 2.24) is 10.3 Å². The molecule has 0 saturated carbocycles. The summed E-state index contributed by atoms with van der Waals surface area (Å²) in [6.07, 6.45) is 3.76. The summed E-state index contributed by atoms with van der Waals surface area (Å²) in [4.78, 5) is 28.9. The van der Waals surface area contributed by atoms with Crippen LogP contribution < -0.4 is 10.1 Å². The van der Waals surface area contributed by atoms with Gasteiger partial charge in [0.1, 0.15) is 6.04 Å². The van der Waals surface area contributed by atoms with E-state index in [1.807, 2.05) is 30.3 Å². The molecular weight excluding hydrogens is 372 g/mol. The van der Waals surface area contributed by atoms with Crippen LogP contribution in [0, 0.1) is 5.92 Å². The molecule has 0 spiro atoms. The van der Waals surface area contributed by atoms with E-state index in [1.54, 1.807) is 12.1 Å². The first-order valence-electron chi connectivity index (χ1n) is 9.75. The minimum Gasteiger partial charge on any atom is -0.477 e. The van der Waals surface area contributed by atoms with E-state index in [4.69, 9.17) is 14.2 Å². The Bertz CT molecular complexity index is 789. The third kappa shape index (κ3) is 6.29. The van der Waals surface area contributed by atoms with Gasteiger partial charge < -0.3 is 19.5 Å². The van der Waals surface area contributed by atoms with E-state index in [1.165, 1.54) is 13.3 Å². The second-order valence-electron chi connectivity index (χ2n) is 6.99. The van der Waals surface area contributed by atoms with Crippen molar-refractivity contribution in [1.29, 1.82) is 0 Å². The summed E-state index contributed by atoms with van der Waals surface area (Å²) in [5, 5.41) is 2.73. The van der Waals surface area contributed by atoms with Gasteiger partial charge in [0.05, 0.1) is 19.3 Å². The van der Waals surface area contributed by atoms with Crippen LogP contribution in [-0.2, 0) is 20.7 Å². The van der Waals surface area contributed by atoms with E-state index in [-0.39, 0.29) is 5.91 Å². The van der Waals surface area contributed by atoms with Crippen LogP contribution in [0.2, 0.25) is 0 Å². The molecule has 1 amide bonds. The van der Waals surface area contributed by atoms with Gasteiger partial charge in [-0.2, -0.15) is 0 Å². The van der Waals surface area contributed by atoms with Crippen LogP contribution in [-0.4, -0.2) is 49.8 Å². The van der Waals surface area contributed by atoms with Crippen LogP contribution in [0.25, 0.3) is 0 Å². The SMILES string of the molecule is COC(=O)C(Cc1ccccc1)NC(=O)c1ccc(OCC2CCOCC2)nc1. The van der Waals surface area contributed by atoms with Crippen molar-refractivity contribution in [3.63, 3.8) is 0 Å². The fourth-order valence-corrected chi connectivity index (χ4v) is 3.14. The van der Waals surface area contributed by atoms with Gasteiger partial charge >= 0.3 is 5.97 Å². The Morgan fingerprint density at radius 2 is 1.93 bits per heavy atom. The van der Waals surface area contributed by atoms with E-state index >= 15 is 0 Å². The minimum absolute atomic E-state index is 0.346. The average Bonchev–Trinajstić information content (AvgIpc) is 2.78. The van der Waals surface area contributed by atoms with Gasteiger partial charge in [-0.05, 0) is 30.4 Å². The standard InChI is InChI=1S/C22H26N2O5/c1-27-22(26)19(13-16-5-3-2-4-6-16)24-21(25)18-7-8-20(23-14-18)29-15-17-9-11-28-12-10-17/h2-8,14,17,19H,9-13,15H2,1H3,(H,24,25). The van der Waals surface area contributed by atoms with E-state index < -0.39 is 12.0 Å². The molecule has 1 aromatic heterocycles. The molecular formula is C22H26N2O5. The number of nitrogens with zero attached hydrogens (tertiary/aromatic N) is 1. The molecule has 1 unspecified atom stereocenters. The normalized spacial score (nSPS) is 15.3. The number of ether oxygens (including phenoxy) is 3. The van der Waals surface area contributed by atoms with Crippen LogP contribution in [0.3, 0.4) is 0 Å². The Balaban J connectivity index is 1.56.